The normalized spacial score (nSPS) is 11.3. The molecule has 3 aromatic rings. The van der Waals surface area contributed by atoms with E-state index in [4.69, 9.17) is 9.84 Å². The zero-order valence-corrected chi connectivity index (χ0v) is 11.1. The third-order valence-electron chi connectivity index (χ3n) is 3.34. The summed E-state index contributed by atoms with van der Waals surface area (Å²) in [7, 11) is 1.60. The van der Waals surface area contributed by atoms with Crippen molar-refractivity contribution in [3.05, 3.63) is 34.9 Å². The smallest absolute Gasteiger partial charge is 0.277 e. The highest BCUT2D eigenvalue weighted by Gasteiger charge is 2.11. The fourth-order valence-electron chi connectivity index (χ4n) is 2.30. The van der Waals surface area contributed by atoms with Gasteiger partial charge < -0.3 is 14.8 Å². The molecule has 0 unspecified atom stereocenters. The number of hydrogen-bond acceptors (Lipinski definition) is 4. The van der Waals surface area contributed by atoms with Crippen LogP contribution in [-0.4, -0.2) is 33.4 Å². The van der Waals surface area contributed by atoms with Crippen molar-refractivity contribution in [3.8, 4) is 5.75 Å². The van der Waals surface area contributed by atoms with Crippen LogP contribution in [0, 0.1) is 0 Å². The summed E-state index contributed by atoms with van der Waals surface area (Å²) in [6, 6.07) is 5.56. The van der Waals surface area contributed by atoms with Gasteiger partial charge in [0.25, 0.3) is 5.56 Å². The van der Waals surface area contributed by atoms with Gasteiger partial charge in [0.2, 0.25) is 0 Å². The molecule has 2 heterocycles. The fourth-order valence-corrected chi connectivity index (χ4v) is 2.30. The molecule has 2 aromatic heterocycles. The lowest BCUT2D eigenvalue weighted by Gasteiger charge is -2.03. The molecule has 0 saturated heterocycles. The molecule has 0 fully saturated rings. The van der Waals surface area contributed by atoms with E-state index in [1.54, 1.807) is 7.11 Å². The summed E-state index contributed by atoms with van der Waals surface area (Å²) in [6.45, 7) is 0.505. The van der Waals surface area contributed by atoms with Gasteiger partial charge >= 0.3 is 0 Å². The molecule has 0 aliphatic heterocycles. The minimum atomic E-state index is -0.126. The summed E-state index contributed by atoms with van der Waals surface area (Å²) in [5.74, 6) is 0.727. The van der Waals surface area contributed by atoms with E-state index in [1.807, 2.05) is 18.2 Å². The van der Waals surface area contributed by atoms with Crippen molar-refractivity contribution in [2.24, 2.45) is 0 Å². The standard InChI is InChI=1S/C14H15N3O3/c1-20-9-3-4-11-10(7-9)12-13(16-11)14(19)17(8-15-12)5-2-6-18/h3-4,7-8,16,18H,2,5-6H2,1H3. The summed E-state index contributed by atoms with van der Waals surface area (Å²) in [4.78, 5) is 19.8. The van der Waals surface area contributed by atoms with Crippen molar-refractivity contribution in [1.29, 1.82) is 0 Å². The third-order valence-corrected chi connectivity index (χ3v) is 3.34. The number of rotatable bonds is 4. The molecular formula is C14H15N3O3. The van der Waals surface area contributed by atoms with Crippen LogP contribution in [0.15, 0.2) is 29.3 Å². The van der Waals surface area contributed by atoms with E-state index in [9.17, 15) is 4.79 Å². The van der Waals surface area contributed by atoms with Gasteiger partial charge in [-0.25, -0.2) is 4.98 Å². The van der Waals surface area contributed by atoms with E-state index in [0.29, 0.717) is 24.0 Å². The van der Waals surface area contributed by atoms with Crippen LogP contribution < -0.4 is 10.3 Å². The number of nitrogens with one attached hydrogen (secondary N) is 1. The van der Waals surface area contributed by atoms with Crippen molar-refractivity contribution in [2.45, 2.75) is 13.0 Å². The predicted octanol–water partition coefficient (Wildman–Crippen LogP) is 1.27. The summed E-state index contributed by atoms with van der Waals surface area (Å²) in [5.41, 5.74) is 1.85. The van der Waals surface area contributed by atoms with E-state index in [2.05, 4.69) is 9.97 Å². The van der Waals surface area contributed by atoms with Crippen LogP contribution in [0.25, 0.3) is 21.9 Å². The van der Waals surface area contributed by atoms with Crippen LogP contribution in [0.3, 0.4) is 0 Å². The highest BCUT2D eigenvalue weighted by molar-refractivity contribution is 6.04. The molecule has 0 aliphatic rings. The SMILES string of the molecule is COc1ccc2[nH]c3c(=O)n(CCCO)cnc3c2c1. The Morgan fingerprint density at radius 2 is 2.30 bits per heavy atom. The average molecular weight is 273 g/mol. The Morgan fingerprint density at radius 1 is 1.45 bits per heavy atom. The Labute approximate surface area is 114 Å². The zero-order chi connectivity index (χ0) is 14.1. The summed E-state index contributed by atoms with van der Waals surface area (Å²) >= 11 is 0. The number of hydrogen-bond donors (Lipinski definition) is 2. The second-order valence-electron chi connectivity index (χ2n) is 4.58. The van der Waals surface area contributed by atoms with Crippen molar-refractivity contribution in [3.63, 3.8) is 0 Å². The summed E-state index contributed by atoms with van der Waals surface area (Å²) < 4.78 is 6.70. The maximum Gasteiger partial charge on any atom is 0.277 e. The Bertz CT molecular complexity index is 819. The molecule has 0 amide bonds. The zero-order valence-electron chi connectivity index (χ0n) is 11.1. The summed E-state index contributed by atoms with van der Waals surface area (Å²) in [5, 5.41) is 9.71. The van der Waals surface area contributed by atoms with Crippen LogP contribution in [-0.2, 0) is 6.54 Å². The maximum atomic E-state index is 12.3. The van der Waals surface area contributed by atoms with Crippen molar-refractivity contribution in [2.75, 3.05) is 13.7 Å². The highest BCUT2D eigenvalue weighted by atomic mass is 16.5. The molecule has 0 spiro atoms. The van der Waals surface area contributed by atoms with Crippen LogP contribution in [0.4, 0.5) is 0 Å². The number of H-pyrrole nitrogens is 1. The van der Waals surface area contributed by atoms with Gasteiger partial charge in [-0.1, -0.05) is 0 Å². The first-order chi connectivity index (χ1) is 9.74. The molecule has 0 aliphatic carbocycles. The molecule has 0 radical (unpaired) electrons. The van der Waals surface area contributed by atoms with Gasteiger partial charge in [-0.2, -0.15) is 0 Å². The lowest BCUT2D eigenvalue weighted by atomic mass is 10.2. The number of aliphatic hydroxyl groups is 1. The number of nitrogens with zero attached hydrogens (tertiary/aromatic N) is 2. The van der Waals surface area contributed by atoms with Gasteiger partial charge in [-0.15, -0.1) is 0 Å². The molecule has 20 heavy (non-hydrogen) atoms. The molecule has 2 N–H and O–H groups in total. The lowest BCUT2D eigenvalue weighted by molar-refractivity contribution is 0.279. The number of aryl methyl sites for hydroxylation is 1. The van der Waals surface area contributed by atoms with E-state index >= 15 is 0 Å². The Balaban J connectivity index is 2.23. The van der Waals surface area contributed by atoms with E-state index in [-0.39, 0.29) is 12.2 Å². The highest BCUT2D eigenvalue weighted by Crippen LogP contribution is 2.25. The largest absolute Gasteiger partial charge is 0.497 e. The van der Waals surface area contributed by atoms with E-state index in [1.165, 1.54) is 10.9 Å². The second kappa shape index (κ2) is 4.97. The molecular weight excluding hydrogens is 258 g/mol. The number of aromatic amines is 1. The fraction of sp³-hybridized carbons (Fsp3) is 0.286. The maximum absolute atomic E-state index is 12.3. The molecule has 0 bridgehead atoms. The van der Waals surface area contributed by atoms with Gasteiger partial charge in [0.15, 0.2) is 0 Å². The minimum Gasteiger partial charge on any atom is -0.497 e. The van der Waals surface area contributed by atoms with Gasteiger partial charge in [-0.05, 0) is 24.6 Å². The monoisotopic (exact) mass is 273 g/mol. The van der Waals surface area contributed by atoms with Crippen LogP contribution >= 0.6 is 0 Å². The van der Waals surface area contributed by atoms with Crippen LogP contribution in [0.1, 0.15) is 6.42 Å². The topological polar surface area (TPSA) is 80.1 Å². The van der Waals surface area contributed by atoms with Gasteiger partial charge in [0, 0.05) is 24.1 Å². The number of benzene rings is 1. The Hall–Kier alpha value is -2.34. The molecule has 0 atom stereocenters. The van der Waals surface area contributed by atoms with Crippen LogP contribution in [0.5, 0.6) is 5.75 Å². The second-order valence-corrected chi connectivity index (χ2v) is 4.58. The van der Waals surface area contributed by atoms with Gasteiger partial charge in [-0.3, -0.25) is 9.36 Å². The van der Waals surface area contributed by atoms with Crippen molar-refractivity contribution in [1.82, 2.24) is 14.5 Å². The third kappa shape index (κ3) is 1.94. The molecule has 3 rings (SSSR count). The summed E-state index contributed by atoms with van der Waals surface area (Å²) in [6.07, 6.45) is 2.05. The first-order valence-corrected chi connectivity index (χ1v) is 6.40. The molecule has 6 heteroatoms. The van der Waals surface area contributed by atoms with E-state index < -0.39 is 0 Å². The molecule has 0 saturated carbocycles. The number of methoxy groups -OCH3 is 1. The lowest BCUT2D eigenvalue weighted by Crippen LogP contribution is -2.21. The Morgan fingerprint density at radius 3 is 3.05 bits per heavy atom. The van der Waals surface area contributed by atoms with Crippen LogP contribution in [0.2, 0.25) is 0 Å². The molecule has 1 aromatic carbocycles. The number of fused-ring (bicyclic) bond motifs is 3. The molecule has 6 nitrogen and oxygen atoms in total. The first kappa shape index (κ1) is 12.7. The number of ether oxygens (including phenoxy) is 1. The van der Waals surface area contributed by atoms with E-state index in [0.717, 1.165) is 16.7 Å². The Kier molecular flexibility index (Phi) is 3.15. The number of aromatic nitrogens is 3. The van der Waals surface area contributed by atoms with Crippen molar-refractivity contribution < 1.29 is 9.84 Å². The quantitative estimate of drug-likeness (QED) is 0.750. The van der Waals surface area contributed by atoms with Gasteiger partial charge in [0.1, 0.15) is 16.8 Å². The average Bonchev–Trinajstić information content (AvgIpc) is 2.85. The predicted molar refractivity (Wildman–Crippen MR) is 76.1 cm³/mol. The van der Waals surface area contributed by atoms with Gasteiger partial charge in [0.05, 0.1) is 13.4 Å². The van der Waals surface area contributed by atoms with Crippen molar-refractivity contribution >= 4 is 21.9 Å². The number of aliphatic hydroxyl groups excluding tert-OH is 1. The first-order valence-electron chi connectivity index (χ1n) is 6.40. The minimum absolute atomic E-state index is 0.0500. The molecule has 104 valence electrons.